The number of hydrogen-bond donors (Lipinski definition) is 1. The van der Waals surface area contributed by atoms with Crippen molar-refractivity contribution in [2.75, 3.05) is 31.1 Å². The van der Waals surface area contributed by atoms with Gasteiger partial charge in [0.2, 0.25) is 0 Å². The molecule has 1 atom stereocenters. The van der Waals surface area contributed by atoms with E-state index < -0.39 is 5.97 Å². The second-order valence-corrected chi connectivity index (χ2v) is 13.7. The number of amides is 1. The maximum absolute atomic E-state index is 13.6. The Kier molecular flexibility index (Phi) is 15.3. The highest BCUT2D eigenvalue weighted by atomic mass is 32.2. The molecule has 0 aliphatic carbocycles. The lowest BCUT2D eigenvalue weighted by Gasteiger charge is -2.36. The molecule has 12 heteroatoms. The fourth-order valence-corrected chi connectivity index (χ4v) is 7.35. The van der Waals surface area contributed by atoms with Gasteiger partial charge in [0.25, 0.3) is 11.5 Å². The second-order valence-electron chi connectivity index (χ2n) is 12.0. The van der Waals surface area contributed by atoms with Crippen LogP contribution in [0.5, 0.6) is 0 Å². The number of rotatable bonds is 18. The number of piperidine rings is 1. The van der Waals surface area contributed by atoms with E-state index in [2.05, 4.69) is 11.0 Å². The Labute approximate surface area is 282 Å². The number of anilines is 1. The third-order valence-electron chi connectivity index (χ3n) is 8.59. The molecule has 2 fully saturated rings. The lowest BCUT2D eigenvalue weighted by Crippen LogP contribution is -2.43. The van der Waals surface area contributed by atoms with E-state index in [1.165, 1.54) is 11.8 Å². The first kappa shape index (κ1) is 37.3. The Hall–Kier alpha value is -3.17. The summed E-state index contributed by atoms with van der Waals surface area (Å²) < 4.78 is 7.47. The van der Waals surface area contributed by atoms with Crippen molar-refractivity contribution in [3.05, 3.63) is 31.9 Å². The van der Waals surface area contributed by atoms with Gasteiger partial charge in [-0.15, -0.1) is 0 Å². The number of carbonyl (C=O) groups is 3. The number of pyridine rings is 1. The molecule has 1 unspecified atom stereocenters. The van der Waals surface area contributed by atoms with Crippen LogP contribution in [0, 0.1) is 24.2 Å². The third kappa shape index (κ3) is 9.91. The molecule has 252 valence electrons. The van der Waals surface area contributed by atoms with Gasteiger partial charge >= 0.3 is 11.9 Å². The number of hydrogen-bond acceptors (Lipinski definition) is 9. The van der Waals surface area contributed by atoms with Crippen LogP contribution in [0.1, 0.15) is 114 Å². The summed E-state index contributed by atoms with van der Waals surface area (Å²) in [5, 5.41) is 18.7. The molecule has 0 spiro atoms. The SMILES string of the molecule is CCCCn1c(N2CCCC(C(=O)OCC)C2)c(C=C2SC(=S)N(CCCCCCCCCCC(=O)O)C2=O)c(C)c(C#N)c1=O. The van der Waals surface area contributed by atoms with Crippen LogP contribution in [0.25, 0.3) is 6.08 Å². The Morgan fingerprint density at radius 1 is 1.07 bits per heavy atom. The summed E-state index contributed by atoms with van der Waals surface area (Å²) in [5.41, 5.74) is 0.858. The molecule has 1 amide bonds. The lowest BCUT2D eigenvalue weighted by molar-refractivity contribution is -0.148. The zero-order valence-corrected chi connectivity index (χ0v) is 29.1. The van der Waals surface area contributed by atoms with E-state index in [1.807, 2.05) is 6.92 Å². The first-order valence-electron chi connectivity index (χ1n) is 16.7. The van der Waals surface area contributed by atoms with Crippen LogP contribution >= 0.6 is 24.0 Å². The van der Waals surface area contributed by atoms with Crippen molar-refractivity contribution in [2.45, 2.75) is 111 Å². The van der Waals surface area contributed by atoms with Gasteiger partial charge in [-0.25, -0.2) is 0 Å². The van der Waals surface area contributed by atoms with Gasteiger partial charge in [0.15, 0.2) is 0 Å². The second kappa shape index (κ2) is 18.8. The van der Waals surface area contributed by atoms with Gasteiger partial charge in [-0.3, -0.25) is 28.6 Å². The number of esters is 1. The maximum Gasteiger partial charge on any atom is 0.310 e. The minimum absolute atomic E-state index is 0.0578. The number of ether oxygens (including phenoxy) is 1. The number of unbranched alkanes of at least 4 members (excludes halogenated alkanes) is 8. The largest absolute Gasteiger partial charge is 0.481 e. The molecular weight excluding hydrogens is 625 g/mol. The van der Waals surface area contributed by atoms with Crippen LogP contribution in [-0.4, -0.2) is 63.0 Å². The number of carboxylic acids is 1. The minimum Gasteiger partial charge on any atom is -0.481 e. The van der Waals surface area contributed by atoms with Crippen LogP contribution in [0.15, 0.2) is 9.70 Å². The smallest absolute Gasteiger partial charge is 0.310 e. The lowest BCUT2D eigenvalue weighted by atomic mass is 9.96. The van der Waals surface area contributed by atoms with E-state index in [1.54, 1.807) is 29.4 Å². The molecule has 10 nitrogen and oxygen atoms in total. The normalized spacial score (nSPS) is 17.5. The summed E-state index contributed by atoms with van der Waals surface area (Å²) >= 11 is 6.86. The molecule has 46 heavy (non-hydrogen) atoms. The van der Waals surface area contributed by atoms with Crippen molar-refractivity contribution >= 4 is 58.0 Å². The van der Waals surface area contributed by atoms with E-state index in [0.717, 1.165) is 70.6 Å². The van der Waals surface area contributed by atoms with Crippen molar-refractivity contribution in [2.24, 2.45) is 5.92 Å². The number of thiocarbonyl (C=S) groups is 1. The Morgan fingerprint density at radius 2 is 1.74 bits per heavy atom. The number of nitriles is 1. The summed E-state index contributed by atoms with van der Waals surface area (Å²) in [6.45, 7) is 7.85. The summed E-state index contributed by atoms with van der Waals surface area (Å²) in [7, 11) is 0. The predicted octanol–water partition coefficient (Wildman–Crippen LogP) is 6.40. The Bertz CT molecular complexity index is 1400. The molecule has 2 saturated heterocycles. The van der Waals surface area contributed by atoms with Crippen molar-refractivity contribution < 1.29 is 24.2 Å². The zero-order chi connectivity index (χ0) is 33.6. The molecule has 3 rings (SSSR count). The van der Waals surface area contributed by atoms with Crippen molar-refractivity contribution in [1.29, 1.82) is 5.26 Å². The van der Waals surface area contributed by atoms with Crippen molar-refractivity contribution in [3.63, 3.8) is 0 Å². The van der Waals surface area contributed by atoms with E-state index >= 15 is 0 Å². The minimum atomic E-state index is -0.741. The summed E-state index contributed by atoms with van der Waals surface area (Å²) in [6.07, 6.45) is 12.8. The van der Waals surface area contributed by atoms with Gasteiger partial charge in [0, 0.05) is 38.2 Å². The molecule has 0 aromatic carbocycles. The molecule has 2 aliphatic rings. The summed E-state index contributed by atoms with van der Waals surface area (Å²) in [6, 6.07) is 2.10. The molecule has 3 heterocycles. The Morgan fingerprint density at radius 3 is 2.37 bits per heavy atom. The first-order chi connectivity index (χ1) is 22.1. The summed E-state index contributed by atoms with van der Waals surface area (Å²) in [5.74, 6) is -0.862. The van der Waals surface area contributed by atoms with Crippen LogP contribution < -0.4 is 10.5 Å². The highest BCUT2D eigenvalue weighted by molar-refractivity contribution is 8.26. The van der Waals surface area contributed by atoms with E-state index in [0.29, 0.717) is 65.4 Å². The topological polar surface area (TPSA) is 133 Å². The number of aromatic nitrogens is 1. The molecule has 1 aromatic rings. The fraction of sp³-hybridized carbons (Fsp3) is 0.647. The molecule has 2 aliphatic heterocycles. The zero-order valence-electron chi connectivity index (χ0n) is 27.5. The third-order valence-corrected chi connectivity index (χ3v) is 9.97. The highest BCUT2D eigenvalue weighted by Crippen LogP contribution is 2.37. The van der Waals surface area contributed by atoms with Gasteiger partial charge < -0.3 is 14.7 Å². The van der Waals surface area contributed by atoms with Gasteiger partial charge in [0.1, 0.15) is 21.8 Å². The van der Waals surface area contributed by atoms with E-state index in [-0.39, 0.29) is 35.3 Å². The monoisotopic (exact) mass is 672 g/mol. The van der Waals surface area contributed by atoms with Gasteiger partial charge in [0.05, 0.1) is 17.4 Å². The van der Waals surface area contributed by atoms with Gasteiger partial charge in [-0.2, -0.15) is 5.26 Å². The Balaban J connectivity index is 1.81. The van der Waals surface area contributed by atoms with Crippen LogP contribution in [0.4, 0.5) is 5.82 Å². The number of thioether (sulfide) groups is 1. The van der Waals surface area contributed by atoms with Crippen LogP contribution in [0.3, 0.4) is 0 Å². The number of nitrogens with zero attached hydrogens (tertiary/aromatic N) is 4. The average Bonchev–Trinajstić information content (AvgIpc) is 3.30. The van der Waals surface area contributed by atoms with E-state index in [9.17, 15) is 24.4 Å². The van der Waals surface area contributed by atoms with Crippen LogP contribution in [-0.2, 0) is 25.7 Å². The summed E-state index contributed by atoms with van der Waals surface area (Å²) in [4.78, 5) is 54.7. The van der Waals surface area contributed by atoms with Gasteiger partial charge in [-0.05, 0) is 57.6 Å². The van der Waals surface area contributed by atoms with Crippen molar-refractivity contribution in [1.82, 2.24) is 9.47 Å². The molecule has 1 N–H and O–H groups in total. The molecule has 0 radical (unpaired) electrons. The standard InChI is InChI=1S/C34H48N4O6S2/c1-4-6-19-37-30(36-18-15-16-25(23-36)33(43)44-5-2)26(24(3)27(22-35)31(37)41)21-28-32(42)38(34(45)46-28)20-14-12-10-8-7-9-11-13-17-29(39)40/h21,25H,4-20,23H2,1-3H3,(H,39,40). The molecule has 0 bridgehead atoms. The first-order valence-corrected chi connectivity index (χ1v) is 17.9. The number of carbonyl (C=O) groups excluding carboxylic acids is 2. The van der Waals surface area contributed by atoms with Crippen LogP contribution in [0.2, 0.25) is 0 Å². The number of carboxylic acid groups (broad SMARTS) is 1. The predicted molar refractivity (Wildman–Crippen MR) is 186 cm³/mol. The average molecular weight is 673 g/mol. The quantitative estimate of drug-likeness (QED) is 0.0808. The molecular formula is C34H48N4O6S2. The van der Waals surface area contributed by atoms with E-state index in [4.69, 9.17) is 22.1 Å². The molecule has 0 saturated carbocycles. The van der Waals surface area contributed by atoms with Crippen molar-refractivity contribution in [3.8, 4) is 6.07 Å². The maximum atomic E-state index is 13.6. The fourth-order valence-electron chi connectivity index (χ4n) is 6.06. The molecule has 1 aromatic heterocycles. The highest BCUT2D eigenvalue weighted by Gasteiger charge is 2.34. The van der Waals surface area contributed by atoms with Gasteiger partial charge in [-0.1, -0.05) is 75.8 Å². The number of aliphatic carboxylic acids is 1.